The lowest BCUT2D eigenvalue weighted by Crippen LogP contribution is -2.50. The largest absolute Gasteiger partial charge is 0.377 e. The van der Waals surface area contributed by atoms with Crippen molar-refractivity contribution in [2.45, 2.75) is 26.3 Å². The molecule has 1 fully saturated rings. The van der Waals surface area contributed by atoms with Gasteiger partial charge in [0.2, 0.25) is 0 Å². The Morgan fingerprint density at radius 1 is 1.09 bits per heavy atom. The number of morpholine rings is 1. The van der Waals surface area contributed by atoms with Crippen molar-refractivity contribution in [1.29, 1.82) is 0 Å². The number of rotatable bonds is 5. The summed E-state index contributed by atoms with van der Waals surface area (Å²) < 4.78 is 20.5. The number of carbonyl (C=O) groups is 1. The normalized spacial score (nSPS) is 15.9. The molecule has 35 heavy (non-hydrogen) atoms. The minimum atomic E-state index is -0.338. The molecule has 2 aromatic carbocycles. The number of aromatic nitrogens is 5. The minimum Gasteiger partial charge on any atom is -0.377 e. The second kappa shape index (κ2) is 9.71. The van der Waals surface area contributed by atoms with Gasteiger partial charge in [0.25, 0.3) is 5.91 Å². The van der Waals surface area contributed by atoms with Gasteiger partial charge in [-0.25, -0.2) is 14.4 Å². The Morgan fingerprint density at radius 3 is 2.63 bits per heavy atom. The van der Waals surface area contributed by atoms with Gasteiger partial charge in [-0.15, -0.1) is 0 Å². The van der Waals surface area contributed by atoms with Crippen LogP contribution in [0.1, 0.15) is 27.0 Å². The zero-order valence-corrected chi connectivity index (χ0v) is 19.6. The Bertz CT molecular complexity index is 1340. The van der Waals surface area contributed by atoms with Crippen LogP contribution in [-0.2, 0) is 11.2 Å². The number of nitrogens with zero attached hydrogens (tertiary/aromatic N) is 6. The molecule has 4 aromatic rings. The molecule has 1 atom stereocenters. The van der Waals surface area contributed by atoms with Crippen molar-refractivity contribution in [2.75, 3.05) is 19.8 Å². The van der Waals surface area contributed by atoms with Gasteiger partial charge in [0.1, 0.15) is 11.5 Å². The molecule has 8 nitrogen and oxygen atoms in total. The molecule has 1 aliphatic rings. The van der Waals surface area contributed by atoms with Crippen LogP contribution in [0.3, 0.4) is 0 Å². The first kappa shape index (κ1) is 22.8. The van der Waals surface area contributed by atoms with E-state index < -0.39 is 0 Å². The number of hydrogen-bond donors (Lipinski definition) is 0. The summed E-state index contributed by atoms with van der Waals surface area (Å²) in [5.41, 5.74) is 4.32. The molecule has 0 aliphatic carbocycles. The fourth-order valence-corrected chi connectivity index (χ4v) is 4.38. The van der Waals surface area contributed by atoms with Gasteiger partial charge in [-0.2, -0.15) is 15.0 Å². The maximum atomic E-state index is 14.8. The third-order valence-electron chi connectivity index (χ3n) is 6.36. The summed E-state index contributed by atoms with van der Waals surface area (Å²) in [5, 5.41) is 8.52. The number of hydrogen-bond acceptors (Lipinski definition) is 6. The average molecular weight is 473 g/mol. The smallest absolute Gasteiger partial charge is 0.256 e. The van der Waals surface area contributed by atoms with E-state index in [9.17, 15) is 9.18 Å². The molecule has 2 aromatic heterocycles. The van der Waals surface area contributed by atoms with Crippen LogP contribution in [-0.4, -0.2) is 61.6 Å². The first-order chi connectivity index (χ1) is 17.0. The predicted molar refractivity (Wildman–Crippen MR) is 128 cm³/mol. The van der Waals surface area contributed by atoms with Gasteiger partial charge >= 0.3 is 0 Å². The van der Waals surface area contributed by atoms with Crippen molar-refractivity contribution in [2.24, 2.45) is 0 Å². The third kappa shape index (κ3) is 4.54. The summed E-state index contributed by atoms with van der Waals surface area (Å²) >= 11 is 0. The van der Waals surface area contributed by atoms with Crippen LogP contribution in [0.25, 0.3) is 17.1 Å². The first-order valence-electron chi connectivity index (χ1n) is 11.4. The lowest BCUT2D eigenvalue weighted by molar-refractivity contribution is -0.00185. The van der Waals surface area contributed by atoms with E-state index in [1.807, 2.05) is 26.0 Å². The minimum absolute atomic E-state index is 0.156. The van der Waals surface area contributed by atoms with Crippen molar-refractivity contribution >= 4 is 5.91 Å². The van der Waals surface area contributed by atoms with Gasteiger partial charge in [-0.3, -0.25) is 4.79 Å². The van der Waals surface area contributed by atoms with E-state index in [-0.39, 0.29) is 17.8 Å². The number of halogens is 1. The number of amides is 1. The van der Waals surface area contributed by atoms with Crippen molar-refractivity contribution in [1.82, 2.24) is 29.9 Å². The molecule has 0 radical (unpaired) electrons. The van der Waals surface area contributed by atoms with Gasteiger partial charge in [0.15, 0.2) is 5.82 Å². The topological polar surface area (TPSA) is 86.0 Å². The summed E-state index contributed by atoms with van der Waals surface area (Å²) in [5.74, 6) is 0.0278. The summed E-state index contributed by atoms with van der Waals surface area (Å²) in [4.78, 5) is 25.6. The molecule has 1 saturated heterocycles. The maximum absolute atomic E-state index is 14.8. The van der Waals surface area contributed by atoms with Gasteiger partial charge in [0, 0.05) is 24.5 Å². The maximum Gasteiger partial charge on any atom is 0.256 e. The van der Waals surface area contributed by atoms with E-state index in [2.05, 4.69) is 20.2 Å². The first-order valence-corrected chi connectivity index (χ1v) is 11.4. The summed E-state index contributed by atoms with van der Waals surface area (Å²) in [6.07, 6.45) is 6.77. The van der Waals surface area contributed by atoms with Crippen molar-refractivity contribution < 1.29 is 13.9 Å². The van der Waals surface area contributed by atoms with E-state index in [4.69, 9.17) is 4.74 Å². The van der Waals surface area contributed by atoms with Crippen LogP contribution in [0.4, 0.5) is 4.39 Å². The quantitative estimate of drug-likeness (QED) is 0.442. The second-order valence-corrected chi connectivity index (χ2v) is 8.53. The van der Waals surface area contributed by atoms with E-state index in [0.29, 0.717) is 48.8 Å². The van der Waals surface area contributed by atoms with Crippen LogP contribution in [0.5, 0.6) is 0 Å². The Balaban J connectivity index is 1.47. The standard InChI is InChI=1S/C26H25FN6O2/c1-17-4-6-22(24(18(17)2)33-30-10-11-31-33)26(34)32-12-13-35-16-21(32)15-20-14-19(5-7-23(20)27)25-28-8-3-9-29-25/h3-11,14,21H,12-13,15-16H2,1-2H3. The van der Waals surface area contributed by atoms with Crippen molar-refractivity contribution in [3.8, 4) is 17.1 Å². The Hall–Kier alpha value is -3.98. The average Bonchev–Trinajstić information content (AvgIpc) is 3.42. The Kier molecular flexibility index (Phi) is 6.33. The van der Waals surface area contributed by atoms with Crippen molar-refractivity contribution in [3.63, 3.8) is 0 Å². The molecule has 1 unspecified atom stereocenters. The highest BCUT2D eigenvalue weighted by Crippen LogP contribution is 2.26. The third-order valence-corrected chi connectivity index (χ3v) is 6.36. The summed E-state index contributed by atoms with van der Waals surface area (Å²) in [6, 6.07) is 9.96. The molecule has 0 spiro atoms. The molecular weight excluding hydrogens is 447 g/mol. The van der Waals surface area contributed by atoms with Crippen LogP contribution in [0.15, 0.2) is 61.2 Å². The summed E-state index contributed by atoms with van der Waals surface area (Å²) in [7, 11) is 0. The lowest BCUT2D eigenvalue weighted by Gasteiger charge is -2.36. The number of carbonyl (C=O) groups excluding carboxylic acids is 1. The summed E-state index contributed by atoms with van der Waals surface area (Å²) in [6.45, 7) is 5.08. The zero-order chi connectivity index (χ0) is 24.4. The molecule has 3 heterocycles. The molecule has 0 N–H and O–H groups in total. The Labute approximate surface area is 202 Å². The lowest BCUT2D eigenvalue weighted by atomic mass is 9.98. The highest BCUT2D eigenvalue weighted by atomic mass is 19.1. The van der Waals surface area contributed by atoms with Crippen molar-refractivity contribution in [3.05, 3.63) is 89.3 Å². The molecule has 0 saturated carbocycles. The predicted octanol–water partition coefficient (Wildman–Crippen LogP) is 3.56. The molecule has 1 aliphatic heterocycles. The molecule has 5 rings (SSSR count). The second-order valence-electron chi connectivity index (χ2n) is 8.53. The molecule has 1 amide bonds. The van der Waals surface area contributed by atoms with Crippen LogP contribution < -0.4 is 0 Å². The van der Waals surface area contributed by atoms with Crippen LogP contribution >= 0.6 is 0 Å². The molecule has 9 heteroatoms. The van der Waals surface area contributed by atoms with Crippen LogP contribution in [0, 0.1) is 19.7 Å². The van der Waals surface area contributed by atoms with E-state index in [0.717, 1.165) is 16.7 Å². The zero-order valence-electron chi connectivity index (χ0n) is 19.6. The fourth-order valence-electron chi connectivity index (χ4n) is 4.38. The van der Waals surface area contributed by atoms with E-state index >= 15 is 0 Å². The van der Waals surface area contributed by atoms with Gasteiger partial charge in [-0.1, -0.05) is 6.07 Å². The SMILES string of the molecule is Cc1ccc(C(=O)N2CCOCC2Cc2cc(-c3ncccn3)ccc2F)c(-n2nccn2)c1C. The molecule has 178 valence electrons. The molecule has 0 bridgehead atoms. The van der Waals surface area contributed by atoms with E-state index in [1.165, 1.54) is 10.9 Å². The van der Waals surface area contributed by atoms with Gasteiger partial charge in [-0.05, 0) is 67.3 Å². The monoisotopic (exact) mass is 472 g/mol. The molecular formula is C26H25FN6O2. The van der Waals surface area contributed by atoms with E-state index in [1.54, 1.807) is 47.9 Å². The number of ether oxygens (including phenoxy) is 1. The fraction of sp³-hybridized carbons (Fsp3) is 0.269. The number of benzene rings is 2. The van der Waals surface area contributed by atoms with Crippen LogP contribution in [0.2, 0.25) is 0 Å². The number of aryl methyl sites for hydroxylation is 1. The highest BCUT2D eigenvalue weighted by molar-refractivity contribution is 5.98. The van der Waals surface area contributed by atoms with Gasteiger partial charge < -0.3 is 9.64 Å². The Morgan fingerprint density at radius 2 is 1.86 bits per heavy atom. The highest BCUT2D eigenvalue weighted by Gasteiger charge is 2.31. The van der Waals surface area contributed by atoms with Gasteiger partial charge in [0.05, 0.1) is 37.2 Å².